The highest BCUT2D eigenvalue weighted by atomic mass is 19.1. The molecule has 2 aromatic rings. The lowest BCUT2D eigenvalue weighted by Gasteiger charge is -2.18. The van der Waals surface area contributed by atoms with Crippen LogP contribution in [0.3, 0.4) is 0 Å². The van der Waals surface area contributed by atoms with Crippen molar-refractivity contribution in [3.63, 3.8) is 0 Å². The summed E-state index contributed by atoms with van der Waals surface area (Å²) in [7, 11) is 0. The van der Waals surface area contributed by atoms with Crippen LogP contribution in [-0.4, -0.2) is 30.2 Å². The molecule has 2 aliphatic heterocycles. The maximum Gasteiger partial charge on any atom is 0.316 e. The minimum Gasteiger partial charge on any atom is -0.426 e. The van der Waals surface area contributed by atoms with E-state index in [0.29, 0.717) is 24.2 Å². The number of esters is 1. The summed E-state index contributed by atoms with van der Waals surface area (Å²) in [6, 6.07) is 11.8. The van der Waals surface area contributed by atoms with Gasteiger partial charge in [0.1, 0.15) is 11.6 Å². The van der Waals surface area contributed by atoms with Crippen LogP contribution in [0.4, 0.5) is 15.8 Å². The zero-order valence-electron chi connectivity index (χ0n) is 18.6. The molecule has 0 spiro atoms. The summed E-state index contributed by atoms with van der Waals surface area (Å²) in [4.78, 5) is 53.4. The fraction of sp³-hybridized carbons (Fsp3) is 0.308. The molecule has 2 saturated heterocycles. The van der Waals surface area contributed by atoms with E-state index in [2.05, 4.69) is 0 Å². The molecule has 7 nitrogen and oxygen atoms in total. The van der Waals surface area contributed by atoms with E-state index >= 15 is 0 Å². The van der Waals surface area contributed by atoms with Crippen LogP contribution in [0.5, 0.6) is 5.75 Å². The summed E-state index contributed by atoms with van der Waals surface area (Å²) in [6.07, 6.45) is 3.18. The van der Waals surface area contributed by atoms with Gasteiger partial charge in [-0.3, -0.25) is 24.1 Å². The highest BCUT2D eigenvalue weighted by molar-refractivity contribution is 6.22. The molecular formula is C26H23FN2O5. The van der Waals surface area contributed by atoms with Crippen molar-refractivity contribution in [3.05, 3.63) is 66.0 Å². The van der Waals surface area contributed by atoms with Gasteiger partial charge in [-0.15, -0.1) is 0 Å². The number of nitrogens with zero attached hydrogens (tertiary/aromatic N) is 2. The van der Waals surface area contributed by atoms with Crippen molar-refractivity contribution in [1.29, 1.82) is 0 Å². The fourth-order valence-corrected chi connectivity index (χ4v) is 4.89. The predicted molar refractivity (Wildman–Crippen MR) is 121 cm³/mol. The van der Waals surface area contributed by atoms with Gasteiger partial charge in [-0.25, -0.2) is 4.39 Å². The third kappa shape index (κ3) is 3.89. The van der Waals surface area contributed by atoms with E-state index in [1.807, 2.05) is 13.0 Å². The van der Waals surface area contributed by atoms with Crippen molar-refractivity contribution in [2.24, 2.45) is 17.8 Å². The number of hydrogen-bond donors (Lipinski definition) is 0. The number of allylic oxidation sites excluding steroid dienone is 2. The van der Waals surface area contributed by atoms with Crippen molar-refractivity contribution in [3.8, 4) is 5.75 Å². The lowest BCUT2D eigenvalue weighted by Crippen LogP contribution is -2.30. The minimum absolute atomic E-state index is 0.00129. The van der Waals surface area contributed by atoms with E-state index < -0.39 is 17.7 Å². The molecule has 3 aliphatic rings. The molecule has 0 unspecified atom stereocenters. The number of carbonyl (C=O) groups is 4. The Morgan fingerprint density at radius 3 is 2.26 bits per heavy atom. The Hall–Kier alpha value is -3.81. The molecule has 1 aliphatic carbocycles. The summed E-state index contributed by atoms with van der Waals surface area (Å²) in [5.74, 6) is -2.62. The van der Waals surface area contributed by atoms with Crippen LogP contribution in [0, 0.1) is 23.6 Å². The number of fused-ring (bicyclic) bond motifs is 1. The number of halogens is 1. The topological polar surface area (TPSA) is 84.0 Å². The molecule has 2 fully saturated rings. The summed E-state index contributed by atoms with van der Waals surface area (Å²) >= 11 is 0. The van der Waals surface area contributed by atoms with Gasteiger partial charge in [0.25, 0.3) is 0 Å². The summed E-state index contributed by atoms with van der Waals surface area (Å²) in [5.41, 5.74) is 2.09. The maximum absolute atomic E-state index is 13.2. The number of hydrogen-bond acceptors (Lipinski definition) is 5. The highest BCUT2D eigenvalue weighted by Crippen LogP contribution is 2.40. The van der Waals surface area contributed by atoms with Gasteiger partial charge >= 0.3 is 5.97 Å². The van der Waals surface area contributed by atoms with E-state index in [-0.39, 0.29) is 48.3 Å². The van der Waals surface area contributed by atoms with Crippen molar-refractivity contribution < 1.29 is 28.3 Å². The quantitative estimate of drug-likeness (QED) is 0.300. The first-order valence-electron chi connectivity index (χ1n) is 11.2. The molecule has 2 heterocycles. The molecule has 3 amide bonds. The third-order valence-corrected chi connectivity index (χ3v) is 6.73. The van der Waals surface area contributed by atoms with Crippen LogP contribution in [0.1, 0.15) is 26.2 Å². The number of imide groups is 1. The molecule has 2 aromatic carbocycles. The Morgan fingerprint density at radius 1 is 0.912 bits per heavy atom. The van der Waals surface area contributed by atoms with Crippen molar-refractivity contribution in [2.45, 2.75) is 26.2 Å². The van der Waals surface area contributed by atoms with E-state index in [1.54, 1.807) is 12.1 Å². The average molecular weight is 462 g/mol. The average Bonchev–Trinajstić information content (AvgIpc) is 3.32. The molecule has 5 rings (SSSR count). The lowest BCUT2D eigenvalue weighted by molar-refractivity contribution is -0.139. The van der Waals surface area contributed by atoms with Gasteiger partial charge in [0.2, 0.25) is 17.7 Å². The Balaban J connectivity index is 1.24. The second-order valence-electron chi connectivity index (χ2n) is 9.01. The van der Waals surface area contributed by atoms with Crippen molar-refractivity contribution in [2.75, 3.05) is 16.3 Å². The number of ether oxygens (including phenoxy) is 1. The molecular weight excluding hydrogens is 439 g/mol. The number of anilines is 2. The van der Waals surface area contributed by atoms with E-state index in [0.717, 1.165) is 5.57 Å². The molecule has 0 N–H and O–H groups in total. The van der Waals surface area contributed by atoms with E-state index in [9.17, 15) is 23.6 Å². The first-order chi connectivity index (χ1) is 16.3. The Morgan fingerprint density at radius 2 is 1.56 bits per heavy atom. The molecule has 0 saturated carbocycles. The molecule has 8 heteroatoms. The summed E-state index contributed by atoms with van der Waals surface area (Å²) in [5, 5.41) is 0. The zero-order chi connectivity index (χ0) is 24.0. The van der Waals surface area contributed by atoms with Crippen LogP contribution in [0.2, 0.25) is 0 Å². The standard InChI is InChI=1S/C26H23FN2O5/c1-15-2-11-21-22(12-15)25(32)29(24(21)31)19-7-9-20(10-8-19)34-26(33)16-13-23(30)28(14-16)18-5-3-17(27)4-6-18/h2-10,16,21-22H,11-14H2,1H3/t16-,21-,22-/m0/s1. The Bertz CT molecular complexity index is 1200. The van der Waals surface area contributed by atoms with Gasteiger partial charge in [0.15, 0.2) is 0 Å². The van der Waals surface area contributed by atoms with Gasteiger partial charge in [-0.05, 0) is 68.3 Å². The van der Waals surface area contributed by atoms with Crippen LogP contribution >= 0.6 is 0 Å². The second kappa shape index (κ2) is 8.52. The molecule has 0 bridgehead atoms. The maximum atomic E-state index is 13.2. The first-order valence-corrected chi connectivity index (χ1v) is 11.2. The van der Waals surface area contributed by atoms with Crippen LogP contribution < -0.4 is 14.5 Å². The number of carbonyl (C=O) groups excluding carboxylic acids is 4. The SMILES string of the molecule is CC1=CC[C@@H]2C(=O)N(c3ccc(OC(=O)[C@H]4CC(=O)N(c5ccc(F)cc5)C4)cc3)C(=O)[C@H]2C1. The fourth-order valence-electron chi connectivity index (χ4n) is 4.89. The highest BCUT2D eigenvalue weighted by Gasteiger charge is 2.48. The Kier molecular flexibility index (Phi) is 5.51. The zero-order valence-corrected chi connectivity index (χ0v) is 18.6. The third-order valence-electron chi connectivity index (χ3n) is 6.73. The molecule has 0 radical (unpaired) electrons. The molecule has 0 aromatic heterocycles. The Labute approximate surface area is 195 Å². The summed E-state index contributed by atoms with van der Waals surface area (Å²) in [6.45, 7) is 2.12. The summed E-state index contributed by atoms with van der Waals surface area (Å²) < 4.78 is 18.6. The number of amides is 3. The molecule has 3 atom stereocenters. The largest absolute Gasteiger partial charge is 0.426 e. The number of benzene rings is 2. The number of rotatable bonds is 4. The second-order valence-corrected chi connectivity index (χ2v) is 9.01. The van der Waals surface area contributed by atoms with Crippen molar-refractivity contribution in [1.82, 2.24) is 0 Å². The smallest absolute Gasteiger partial charge is 0.316 e. The monoisotopic (exact) mass is 462 g/mol. The van der Waals surface area contributed by atoms with E-state index in [1.165, 1.54) is 46.2 Å². The van der Waals surface area contributed by atoms with Crippen LogP contribution in [0.15, 0.2) is 60.2 Å². The lowest BCUT2D eigenvalue weighted by atomic mass is 9.82. The van der Waals surface area contributed by atoms with Gasteiger partial charge < -0.3 is 9.64 Å². The molecule has 174 valence electrons. The van der Waals surface area contributed by atoms with Crippen LogP contribution in [-0.2, 0) is 19.2 Å². The van der Waals surface area contributed by atoms with Gasteiger partial charge in [0.05, 0.1) is 23.4 Å². The minimum atomic E-state index is -0.655. The van der Waals surface area contributed by atoms with Gasteiger partial charge in [-0.2, -0.15) is 0 Å². The predicted octanol–water partition coefficient (Wildman–Crippen LogP) is 3.63. The molecule has 34 heavy (non-hydrogen) atoms. The first kappa shape index (κ1) is 22.0. The van der Waals surface area contributed by atoms with Gasteiger partial charge in [0, 0.05) is 18.7 Å². The van der Waals surface area contributed by atoms with Crippen molar-refractivity contribution >= 4 is 35.1 Å². The normalized spacial score (nSPS) is 24.4. The van der Waals surface area contributed by atoms with E-state index in [4.69, 9.17) is 4.74 Å². The van der Waals surface area contributed by atoms with Crippen LogP contribution in [0.25, 0.3) is 0 Å². The van der Waals surface area contributed by atoms with Gasteiger partial charge in [-0.1, -0.05) is 11.6 Å².